The van der Waals surface area contributed by atoms with Gasteiger partial charge in [-0.2, -0.15) is 0 Å². The smallest absolute Gasteiger partial charge is 0.262 e. The quantitative estimate of drug-likeness (QED) is 0.324. The van der Waals surface area contributed by atoms with Gasteiger partial charge in [-0.25, -0.2) is 4.98 Å². The van der Waals surface area contributed by atoms with Crippen LogP contribution in [0.3, 0.4) is 0 Å². The molecule has 5 nitrogen and oxygen atoms in total. The van der Waals surface area contributed by atoms with Crippen molar-refractivity contribution in [1.29, 1.82) is 0 Å². The number of aromatic nitrogens is 2. The van der Waals surface area contributed by atoms with Gasteiger partial charge in [0.1, 0.15) is 5.75 Å². The lowest BCUT2D eigenvalue weighted by molar-refractivity contribution is 0.0937. The van der Waals surface area contributed by atoms with Crippen LogP contribution in [0.5, 0.6) is 5.75 Å². The molecular weight excluding hydrogens is 396 g/mol. The van der Waals surface area contributed by atoms with Gasteiger partial charge in [0.15, 0.2) is 5.16 Å². The number of benzene rings is 2. The zero-order valence-electron chi connectivity index (χ0n) is 15.3. The molecule has 1 aliphatic heterocycles. The van der Waals surface area contributed by atoms with Gasteiger partial charge in [0.05, 0.1) is 35.2 Å². The number of para-hydroxylation sites is 2. The van der Waals surface area contributed by atoms with Crippen molar-refractivity contribution in [3.8, 4) is 5.75 Å². The Bertz CT molecular complexity index is 1020. The molecule has 7 heteroatoms. The van der Waals surface area contributed by atoms with E-state index in [0.717, 1.165) is 19.4 Å². The van der Waals surface area contributed by atoms with Gasteiger partial charge in [-0.1, -0.05) is 47.6 Å². The molecule has 1 aliphatic rings. The zero-order chi connectivity index (χ0) is 19.3. The molecule has 0 N–H and O–H groups in total. The Morgan fingerprint density at radius 2 is 2.04 bits per heavy atom. The lowest BCUT2D eigenvalue weighted by Crippen LogP contribution is -2.29. The fraction of sp³-hybridized carbons (Fsp3) is 0.333. The highest BCUT2D eigenvalue weighted by Crippen LogP contribution is 2.24. The molecule has 4 rings (SSSR count). The summed E-state index contributed by atoms with van der Waals surface area (Å²) in [4.78, 5) is 17.8. The fourth-order valence-corrected chi connectivity index (χ4v) is 4.27. The van der Waals surface area contributed by atoms with Crippen LogP contribution in [0.15, 0.2) is 58.5 Å². The van der Waals surface area contributed by atoms with Crippen molar-refractivity contribution in [1.82, 2.24) is 9.55 Å². The minimum absolute atomic E-state index is 0.0179. The number of fused-ring (bicyclic) bond motifs is 1. The highest BCUT2D eigenvalue weighted by molar-refractivity contribution is 7.99. The predicted molar refractivity (Wildman–Crippen MR) is 113 cm³/mol. The van der Waals surface area contributed by atoms with E-state index in [2.05, 4.69) is 0 Å². The van der Waals surface area contributed by atoms with E-state index in [1.54, 1.807) is 10.6 Å². The normalized spacial score (nSPS) is 16.5. The molecule has 1 fully saturated rings. The van der Waals surface area contributed by atoms with Crippen molar-refractivity contribution in [3.05, 3.63) is 63.9 Å². The lowest BCUT2D eigenvalue weighted by Gasteiger charge is -2.16. The van der Waals surface area contributed by atoms with Gasteiger partial charge in [-0.05, 0) is 37.1 Å². The Hall–Kier alpha value is -2.02. The molecule has 0 aliphatic carbocycles. The summed E-state index contributed by atoms with van der Waals surface area (Å²) in [5.41, 5.74) is 0.696. The SMILES string of the molecule is O=c1c2ccccc2nc(SCCOc2ccccc2Cl)n1C[C@H]1CCCO1. The van der Waals surface area contributed by atoms with Gasteiger partial charge in [0.25, 0.3) is 5.56 Å². The van der Waals surface area contributed by atoms with E-state index < -0.39 is 0 Å². The molecule has 3 aromatic rings. The molecule has 146 valence electrons. The maximum absolute atomic E-state index is 13.0. The number of hydrogen-bond acceptors (Lipinski definition) is 5. The van der Waals surface area contributed by atoms with Crippen LogP contribution >= 0.6 is 23.4 Å². The highest BCUT2D eigenvalue weighted by atomic mass is 35.5. The Morgan fingerprint density at radius 3 is 2.86 bits per heavy atom. The van der Waals surface area contributed by atoms with E-state index in [9.17, 15) is 4.79 Å². The molecule has 1 aromatic heterocycles. The van der Waals surface area contributed by atoms with Gasteiger partial charge < -0.3 is 9.47 Å². The Labute approximate surface area is 172 Å². The molecule has 2 aromatic carbocycles. The summed E-state index contributed by atoms with van der Waals surface area (Å²) in [6.07, 6.45) is 2.08. The van der Waals surface area contributed by atoms with Crippen LogP contribution in [-0.2, 0) is 11.3 Å². The van der Waals surface area contributed by atoms with Crippen molar-refractivity contribution in [2.45, 2.75) is 30.6 Å². The van der Waals surface area contributed by atoms with Crippen molar-refractivity contribution in [2.75, 3.05) is 19.0 Å². The van der Waals surface area contributed by atoms with Gasteiger partial charge in [-0.15, -0.1) is 0 Å². The molecule has 0 amide bonds. The van der Waals surface area contributed by atoms with Crippen LogP contribution in [-0.4, -0.2) is 34.6 Å². The van der Waals surface area contributed by atoms with E-state index in [4.69, 9.17) is 26.1 Å². The molecular formula is C21H21ClN2O3S. The molecule has 0 bridgehead atoms. The molecule has 0 saturated carbocycles. The number of halogens is 1. The summed E-state index contributed by atoms with van der Waals surface area (Å²) in [5, 5.41) is 1.92. The van der Waals surface area contributed by atoms with Crippen LogP contribution in [0.1, 0.15) is 12.8 Å². The number of rotatable bonds is 7. The first-order valence-electron chi connectivity index (χ1n) is 9.33. The molecule has 2 heterocycles. The van der Waals surface area contributed by atoms with E-state index >= 15 is 0 Å². The van der Waals surface area contributed by atoms with Crippen molar-refractivity contribution < 1.29 is 9.47 Å². The summed E-state index contributed by atoms with van der Waals surface area (Å²) < 4.78 is 13.2. The molecule has 0 radical (unpaired) electrons. The van der Waals surface area contributed by atoms with Gasteiger partial charge >= 0.3 is 0 Å². The van der Waals surface area contributed by atoms with Gasteiger partial charge in [0, 0.05) is 12.4 Å². The first kappa shape index (κ1) is 19.3. The van der Waals surface area contributed by atoms with Crippen LogP contribution < -0.4 is 10.3 Å². The lowest BCUT2D eigenvalue weighted by atomic mass is 10.2. The third-order valence-corrected chi connectivity index (χ3v) is 5.90. The minimum atomic E-state index is -0.0179. The largest absolute Gasteiger partial charge is 0.491 e. The van der Waals surface area contributed by atoms with Crippen LogP contribution in [0.2, 0.25) is 5.02 Å². The second-order valence-corrected chi connectivity index (χ2v) is 8.06. The van der Waals surface area contributed by atoms with Crippen molar-refractivity contribution in [3.63, 3.8) is 0 Å². The minimum Gasteiger partial charge on any atom is -0.491 e. The van der Waals surface area contributed by atoms with Crippen LogP contribution in [0.4, 0.5) is 0 Å². The molecule has 0 unspecified atom stereocenters. The predicted octanol–water partition coefficient (Wildman–Crippen LogP) is 4.40. The summed E-state index contributed by atoms with van der Waals surface area (Å²) in [5.74, 6) is 1.31. The van der Waals surface area contributed by atoms with E-state index in [0.29, 0.717) is 45.7 Å². The van der Waals surface area contributed by atoms with Crippen molar-refractivity contribution in [2.24, 2.45) is 0 Å². The summed E-state index contributed by atoms with van der Waals surface area (Å²) in [6.45, 7) is 1.76. The van der Waals surface area contributed by atoms with E-state index in [1.807, 2.05) is 42.5 Å². The second kappa shape index (κ2) is 8.99. The number of hydrogen-bond donors (Lipinski definition) is 0. The summed E-state index contributed by atoms with van der Waals surface area (Å²) >= 11 is 7.64. The second-order valence-electron chi connectivity index (χ2n) is 6.59. The third kappa shape index (κ3) is 4.35. The Morgan fingerprint density at radius 1 is 1.21 bits per heavy atom. The van der Waals surface area contributed by atoms with Crippen LogP contribution in [0, 0.1) is 0 Å². The van der Waals surface area contributed by atoms with Gasteiger partial charge in [-0.3, -0.25) is 9.36 Å². The fourth-order valence-electron chi connectivity index (χ4n) is 3.26. The number of thioether (sulfide) groups is 1. The van der Waals surface area contributed by atoms with Crippen molar-refractivity contribution >= 4 is 34.3 Å². The first-order valence-corrected chi connectivity index (χ1v) is 10.7. The Kier molecular flexibility index (Phi) is 6.20. The average molecular weight is 417 g/mol. The average Bonchev–Trinajstić information content (AvgIpc) is 3.22. The van der Waals surface area contributed by atoms with E-state index in [-0.39, 0.29) is 11.7 Å². The molecule has 1 saturated heterocycles. The van der Waals surface area contributed by atoms with E-state index in [1.165, 1.54) is 11.8 Å². The molecule has 28 heavy (non-hydrogen) atoms. The topological polar surface area (TPSA) is 53.3 Å². The first-order chi connectivity index (χ1) is 13.7. The summed E-state index contributed by atoms with van der Waals surface area (Å²) in [7, 11) is 0. The zero-order valence-corrected chi connectivity index (χ0v) is 16.9. The van der Waals surface area contributed by atoms with Crippen LogP contribution in [0.25, 0.3) is 10.9 Å². The highest BCUT2D eigenvalue weighted by Gasteiger charge is 2.20. The maximum atomic E-state index is 13.0. The maximum Gasteiger partial charge on any atom is 0.262 e. The third-order valence-electron chi connectivity index (χ3n) is 4.65. The summed E-state index contributed by atoms with van der Waals surface area (Å²) in [6, 6.07) is 14.9. The molecule has 1 atom stereocenters. The molecule has 0 spiro atoms. The van der Waals surface area contributed by atoms with Gasteiger partial charge in [0.2, 0.25) is 0 Å². The number of ether oxygens (including phenoxy) is 2. The standard InChI is InChI=1S/C21H21ClN2O3S/c22-17-8-2-4-10-19(17)27-12-13-28-21-23-18-9-3-1-7-16(18)20(25)24(21)14-15-6-5-11-26-15/h1-4,7-10,15H,5-6,11-14H2/t15-/m1/s1. The number of nitrogens with zero attached hydrogens (tertiary/aromatic N) is 2. The monoisotopic (exact) mass is 416 g/mol. The Balaban J connectivity index is 1.52.